The van der Waals surface area contributed by atoms with Crippen molar-refractivity contribution in [1.29, 1.82) is 0 Å². The van der Waals surface area contributed by atoms with Gasteiger partial charge in [0.2, 0.25) is 0 Å². The Morgan fingerprint density at radius 2 is 1.94 bits per heavy atom. The van der Waals surface area contributed by atoms with Crippen LogP contribution in [-0.2, 0) is 12.7 Å². The summed E-state index contributed by atoms with van der Waals surface area (Å²) in [5.74, 6) is -1.31. The van der Waals surface area contributed by atoms with Crippen LogP contribution in [0.2, 0.25) is 0 Å². The van der Waals surface area contributed by atoms with Gasteiger partial charge in [-0.3, -0.25) is 0 Å². The first-order chi connectivity index (χ1) is 8.41. The van der Waals surface area contributed by atoms with Gasteiger partial charge in [0.25, 0.3) is 0 Å². The third-order valence-electron chi connectivity index (χ3n) is 2.37. The summed E-state index contributed by atoms with van der Waals surface area (Å²) < 4.78 is 51.9. The van der Waals surface area contributed by atoms with Crippen molar-refractivity contribution >= 4 is 0 Å². The SMILES string of the molecule is NCc1ccn(-c2ccc(F)c(C(F)(F)F)c2)n1. The third-order valence-corrected chi connectivity index (χ3v) is 2.37. The molecule has 1 heterocycles. The maximum Gasteiger partial charge on any atom is 0.419 e. The van der Waals surface area contributed by atoms with Crippen molar-refractivity contribution in [3.05, 3.63) is 47.5 Å². The molecule has 0 aliphatic carbocycles. The summed E-state index contributed by atoms with van der Waals surface area (Å²) in [6.07, 6.45) is -3.26. The summed E-state index contributed by atoms with van der Waals surface area (Å²) in [7, 11) is 0. The Morgan fingerprint density at radius 1 is 1.22 bits per heavy atom. The monoisotopic (exact) mass is 259 g/mol. The van der Waals surface area contributed by atoms with Crippen molar-refractivity contribution in [3.63, 3.8) is 0 Å². The van der Waals surface area contributed by atoms with Crippen LogP contribution >= 0.6 is 0 Å². The average molecular weight is 259 g/mol. The van der Waals surface area contributed by atoms with Crippen LogP contribution < -0.4 is 5.73 Å². The van der Waals surface area contributed by atoms with Gasteiger partial charge in [-0.2, -0.15) is 18.3 Å². The van der Waals surface area contributed by atoms with Gasteiger partial charge in [-0.15, -0.1) is 0 Å². The second-order valence-electron chi connectivity index (χ2n) is 3.62. The summed E-state index contributed by atoms with van der Waals surface area (Å²) in [4.78, 5) is 0. The number of aromatic nitrogens is 2. The van der Waals surface area contributed by atoms with Crippen molar-refractivity contribution in [2.45, 2.75) is 12.7 Å². The van der Waals surface area contributed by atoms with Crippen LogP contribution in [0.4, 0.5) is 17.6 Å². The van der Waals surface area contributed by atoms with Gasteiger partial charge >= 0.3 is 6.18 Å². The number of nitrogens with two attached hydrogens (primary N) is 1. The lowest BCUT2D eigenvalue weighted by molar-refractivity contribution is -0.140. The van der Waals surface area contributed by atoms with E-state index in [9.17, 15) is 17.6 Å². The van der Waals surface area contributed by atoms with Crippen LogP contribution in [0.15, 0.2) is 30.5 Å². The number of halogens is 4. The van der Waals surface area contributed by atoms with Gasteiger partial charge in [-0.05, 0) is 24.3 Å². The van der Waals surface area contributed by atoms with E-state index < -0.39 is 17.6 Å². The maximum absolute atomic E-state index is 13.1. The number of hydrogen-bond acceptors (Lipinski definition) is 2. The highest BCUT2D eigenvalue weighted by atomic mass is 19.4. The fourth-order valence-electron chi connectivity index (χ4n) is 1.49. The summed E-state index contributed by atoms with van der Waals surface area (Å²) >= 11 is 0. The first-order valence-corrected chi connectivity index (χ1v) is 5.03. The Labute approximate surface area is 99.8 Å². The number of nitrogens with zero attached hydrogens (tertiary/aromatic N) is 2. The standard InChI is InChI=1S/C11H9F4N3/c12-10-2-1-8(5-9(10)11(13,14)15)18-4-3-7(6-16)17-18/h1-5H,6,16H2. The fraction of sp³-hybridized carbons (Fsp3) is 0.182. The zero-order valence-electron chi connectivity index (χ0n) is 9.08. The molecule has 0 amide bonds. The molecular weight excluding hydrogens is 250 g/mol. The smallest absolute Gasteiger partial charge is 0.325 e. The minimum atomic E-state index is -4.73. The predicted molar refractivity (Wildman–Crippen MR) is 56.4 cm³/mol. The average Bonchev–Trinajstić information content (AvgIpc) is 2.76. The molecule has 2 aromatic rings. The van der Waals surface area contributed by atoms with E-state index in [4.69, 9.17) is 5.73 Å². The zero-order valence-corrected chi connectivity index (χ0v) is 9.08. The van der Waals surface area contributed by atoms with Crippen molar-refractivity contribution in [2.24, 2.45) is 5.73 Å². The molecule has 0 bridgehead atoms. The molecule has 0 aliphatic rings. The van der Waals surface area contributed by atoms with Gasteiger partial charge in [-0.1, -0.05) is 0 Å². The van der Waals surface area contributed by atoms with Gasteiger partial charge in [-0.25, -0.2) is 9.07 Å². The molecule has 0 fully saturated rings. The molecule has 0 spiro atoms. The molecule has 2 rings (SSSR count). The molecule has 96 valence electrons. The van der Waals surface area contributed by atoms with Gasteiger partial charge in [0.05, 0.1) is 16.9 Å². The van der Waals surface area contributed by atoms with Crippen LogP contribution in [0.1, 0.15) is 11.3 Å². The van der Waals surface area contributed by atoms with Crippen LogP contribution in [-0.4, -0.2) is 9.78 Å². The molecule has 0 aliphatic heterocycles. The molecule has 1 aromatic carbocycles. The highest BCUT2D eigenvalue weighted by Gasteiger charge is 2.34. The number of rotatable bonds is 2. The Morgan fingerprint density at radius 3 is 2.50 bits per heavy atom. The largest absolute Gasteiger partial charge is 0.419 e. The molecular formula is C11H9F4N3. The molecule has 1 aromatic heterocycles. The summed E-state index contributed by atoms with van der Waals surface area (Å²) in [5.41, 5.74) is 4.70. The molecule has 0 unspecified atom stereocenters. The molecule has 2 N–H and O–H groups in total. The highest BCUT2D eigenvalue weighted by Crippen LogP contribution is 2.32. The first-order valence-electron chi connectivity index (χ1n) is 5.03. The lowest BCUT2D eigenvalue weighted by atomic mass is 10.2. The van der Waals surface area contributed by atoms with Crippen molar-refractivity contribution < 1.29 is 17.6 Å². The Kier molecular flexibility index (Phi) is 3.08. The summed E-state index contributed by atoms with van der Waals surface area (Å²) in [5, 5.41) is 3.95. The molecule has 0 radical (unpaired) electrons. The lowest BCUT2D eigenvalue weighted by Crippen LogP contribution is -2.09. The van der Waals surface area contributed by atoms with Gasteiger partial charge in [0, 0.05) is 12.7 Å². The van der Waals surface area contributed by atoms with Gasteiger partial charge in [0.15, 0.2) is 0 Å². The minimum Gasteiger partial charge on any atom is -0.325 e. The normalized spacial score (nSPS) is 11.8. The van der Waals surface area contributed by atoms with Crippen LogP contribution in [0.25, 0.3) is 5.69 Å². The van der Waals surface area contributed by atoms with Gasteiger partial charge in [0.1, 0.15) is 5.82 Å². The van der Waals surface area contributed by atoms with Crippen LogP contribution in [0, 0.1) is 5.82 Å². The van der Waals surface area contributed by atoms with E-state index in [1.807, 2.05) is 0 Å². The van der Waals surface area contributed by atoms with E-state index in [1.165, 1.54) is 16.9 Å². The van der Waals surface area contributed by atoms with Crippen LogP contribution in [0.3, 0.4) is 0 Å². The van der Waals surface area contributed by atoms with Crippen molar-refractivity contribution in [3.8, 4) is 5.69 Å². The van der Waals surface area contributed by atoms with E-state index in [-0.39, 0.29) is 12.2 Å². The van der Waals surface area contributed by atoms with Crippen molar-refractivity contribution in [2.75, 3.05) is 0 Å². The number of benzene rings is 1. The second kappa shape index (κ2) is 4.41. The Balaban J connectivity index is 2.47. The third kappa shape index (κ3) is 2.35. The highest BCUT2D eigenvalue weighted by molar-refractivity contribution is 5.37. The fourth-order valence-corrected chi connectivity index (χ4v) is 1.49. The first kappa shape index (κ1) is 12.6. The summed E-state index contributed by atoms with van der Waals surface area (Å²) in [6.45, 7) is 0.181. The lowest BCUT2D eigenvalue weighted by Gasteiger charge is -2.10. The quantitative estimate of drug-likeness (QED) is 0.842. The molecule has 0 saturated carbocycles. The second-order valence-corrected chi connectivity index (χ2v) is 3.62. The van der Waals surface area contributed by atoms with Gasteiger partial charge < -0.3 is 5.73 Å². The van der Waals surface area contributed by atoms with E-state index in [2.05, 4.69) is 5.10 Å². The molecule has 0 saturated heterocycles. The van der Waals surface area contributed by atoms with Crippen LogP contribution in [0.5, 0.6) is 0 Å². The zero-order chi connectivity index (χ0) is 13.3. The Bertz CT molecular complexity index is 560. The van der Waals surface area contributed by atoms with E-state index in [0.717, 1.165) is 6.07 Å². The molecule has 3 nitrogen and oxygen atoms in total. The predicted octanol–water partition coefficient (Wildman–Crippen LogP) is 2.49. The number of alkyl halides is 3. The molecule has 7 heteroatoms. The number of hydrogen-bond donors (Lipinski definition) is 1. The van der Waals surface area contributed by atoms with E-state index in [1.54, 1.807) is 6.07 Å². The molecule has 18 heavy (non-hydrogen) atoms. The maximum atomic E-state index is 13.1. The molecule has 0 atom stereocenters. The van der Waals surface area contributed by atoms with E-state index in [0.29, 0.717) is 11.8 Å². The summed E-state index contributed by atoms with van der Waals surface area (Å²) in [6, 6.07) is 4.28. The topological polar surface area (TPSA) is 43.8 Å². The van der Waals surface area contributed by atoms with E-state index >= 15 is 0 Å². The minimum absolute atomic E-state index is 0.128. The van der Waals surface area contributed by atoms with Crippen molar-refractivity contribution in [1.82, 2.24) is 9.78 Å². The Hall–Kier alpha value is -1.89.